The van der Waals surface area contributed by atoms with Gasteiger partial charge in [-0.3, -0.25) is 4.79 Å². The Balaban J connectivity index is 1.67. The zero-order valence-corrected chi connectivity index (χ0v) is 20.9. The summed E-state index contributed by atoms with van der Waals surface area (Å²) in [4.78, 5) is 28.9. The predicted octanol–water partition coefficient (Wildman–Crippen LogP) is 4.11. The fraction of sp³-hybridized carbons (Fsp3) is 0.261. The van der Waals surface area contributed by atoms with Crippen molar-refractivity contribution in [1.29, 1.82) is 0 Å². The number of amidine groups is 1. The summed E-state index contributed by atoms with van der Waals surface area (Å²) < 4.78 is 56.5. The van der Waals surface area contributed by atoms with Gasteiger partial charge >= 0.3 is 12.1 Å². The Labute approximate surface area is 220 Å². The molecule has 0 radical (unpaired) electrons. The highest BCUT2D eigenvalue weighted by Crippen LogP contribution is 2.35. The number of amides is 1. The number of nitrogens with zero attached hydrogens (tertiary/aromatic N) is 3. The smallest absolute Gasteiger partial charge is 0.335 e. The first-order valence-electron chi connectivity index (χ1n) is 11.1. The van der Waals surface area contributed by atoms with Crippen molar-refractivity contribution < 1.29 is 36.6 Å². The second-order valence-electron chi connectivity index (χ2n) is 8.18. The Bertz CT molecular complexity index is 1340. The Morgan fingerprint density at radius 2 is 1.79 bits per heavy atom. The third kappa shape index (κ3) is 5.99. The van der Waals surface area contributed by atoms with Gasteiger partial charge < -0.3 is 20.8 Å². The third-order valence-electron chi connectivity index (χ3n) is 5.80. The number of halogens is 5. The molecule has 0 unspecified atom stereocenters. The number of hydrogen-bond donors (Lipinski definition) is 3. The number of piperidine rings is 1. The van der Waals surface area contributed by atoms with E-state index in [1.807, 2.05) is 18.2 Å². The summed E-state index contributed by atoms with van der Waals surface area (Å²) in [6.07, 6.45) is -4.42. The van der Waals surface area contributed by atoms with Crippen LogP contribution in [-0.4, -0.2) is 47.3 Å². The number of anilines is 2. The molecule has 10 nitrogen and oxygen atoms in total. The van der Waals surface area contributed by atoms with Gasteiger partial charge in [0.05, 0.1) is 9.89 Å². The van der Waals surface area contributed by atoms with Crippen molar-refractivity contribution in [2.75, 3.05) is 23.7 Å². The van der Waals surface area contributed by atoms with Crippen LogP contribution in [0.4, 0.5) is 29.1 Å². The van der Waals surface area contributed by atoms with Crippen LogP contribution in [0.15, 0.2) is 62.8 Å². The quantitative estimate of drug-likeness (QED) is 0.127. The number of alkyl halides is 3. The first kappa shape index (κ1) is 27.2. The SMILES string of the molecule is O=C(O/N=C(/Nc1ccc(F)c(Br)c1)c1nonc1NC(=O)C1(c2ccccc2)CCNCC1)C(F)(F)F. The minimum Gasteiger partial charge on any atom is -0.335 e. The molecule has 0 bridgehead atoms. The van der Waals surface area contributed by atoms with Gasteiger partial charge in [-0.25, -0.2) is 13.8 Å². The Morgan fingerprint density at radius 1 is 1.08 bits per heavy atom. The van der Waals surface area contributed by atoms with Gasteiger partial charge in [-0.05, 0) is 75.9 Å². The molecule has 3 N–H and O–H groups in total. The van der Waals surface area contributed by atoms with Crippen molar-refractivity contribution in [2.45, 2.75) is 24.4 Å². The Kier molecular flexibility index (Phi) is 8.06. The van der Waals surface area contributed by atoms with Crippen molar-refractivity contribution in [1.82, 2.24) is 15.6 Å². The summed E-state index contributed by atoms with van der Waals surface area (Å²) in [7, 11) is 0. The largest absolute Gasteiger partial charge is 0.493 e. The first-order valence-corrected chi connectivity index (χ1v) is 11.9. The molecule has 0 atom stereocenters. The molecule has 1 saturated heterocycles. The molecule has 1 aromatic heterocycles. The summed E-state index contributed by atoms with van der Waals surface area (Å²) >= 11 is 2.99. The van der Waals surface area contributed by atoms with Crippen LogP contribution in [0, 0.1) is 5.82 Å². The summed E-state index contributed by atoms with van der Waals surface area (Å²) in [6, 6.07) is 12.6. The summed E-state index contributed by atoms with van der Waals surface area (Å²) in [6.45, 7) is 1.13. The Morgan fingerprint density at radius 3 is 2.45 bits per heavy atom. The van der Waals surface area contributed by atoms with Gasteiger partial charge in [-0.1, -0.05) is 35.5 Å². The fourth-order valence-corrected chi connectivity index (χ4v) is 4.26. The number of hydrogen-bond acceptors (Lipinski definition) is 8. The number of rotatable bonds is 6. The number of carbonyl (C=O) groups is 2. The van der Waals surface area contributed by atoms with E-state index in [1.54, 1.807) is 12.1 Å². The average Bonchev–Trinajstić information content (AvgIpc) is 3.36. The maximum atomic E-state index is 13.7. The van der Waals surface area contributed by atoms with E-state index in [2.05, 4.69) is 52.2 Å². The van der Waals surface area contributed by atoms with Crippen LogP contribution in [0.5, 0.6) is 0 Å². The minimum absolute atomic E-state index is 0.0247. The highest BCUT2D eigenvalue weighted by molar-refractivity contribution is 9.10. The van der Waals surface area contributed by atoms with Crippen LogP contribution < -0.4 is 16.0 Å². The van der Waals surface area contributed by atoms with E-state index in [1.165, 1.54) is 12.1 Å². The molecule has 1 aliphatic heterocycles. The molecule has 0 aliphatic carbocycles. The van der Waals surface area contributed by atoms with Crippen LogP contribution in [0.25, 0.3) is 0 Å². The second kappa shape index (κ2) is 11.3. The van der Waals surface area contributed by atoms with E-state index < -0.39 is 35.1 Å². The molecular formula is C23H19BrF4N6O4. The summed E-state index contributed by atoms with van der Waals surface area (Å²) in [5, 5.41) is 18.9. The fourth-order valence-electron chi connectivity index (χ4n) is 3.89. The molecule has 4 rings (SSSR count). The van der Waals surface area contributed by atoms with Crippen molar-refractivity contribution in [3.63, 3.8) is 0 Å². The zero-order chi connectivity index (χ0) is 27.3. The maximum Gasteiger partial charge on any atom is 0.493 e. The van der Waals surface area contributed by atoms with Crippen molar-refractivity contribution in [3.05, 3.63) is 70.1 Å². The van der Waals surface area contributed by atoms with E-state index >= 15 is 0 Å². The van der Waals surface area contributed by atoms with Gasteiger partial charge in [0.25, 0.3) is 0 Å². The highest BCUT2D eigenvalue weighted by Gasteiger charge is 2.43. The van der Waals surface area contributed by atoms with E-state index in [0.717, 1.165) is 11.6 Å². The van der Waals surface area contributed by atoms with Crippen LogP contribution >= 0.6 is 15.9 Å². The van der Waals surface area contributed by atoms with E-state index in [0.29, 0.717) is 25.9 Å². The van der Waals surface area contributed by atoms with E-state index in [4.69, 9.17) is 4.63 Å². The molecule has 1 fully saturated rings. The highest BCUT2D eigenvalue weighted by atomic mass is 79.9. The molecule has 38 heavy (non-hydrogen) atoms. The standard InChI is InChI=1S/C23H19BrF4N6O4/c24-15-12-14(6-7-16(15)25)30-18(33-37-21(36)23(26,27)28)17-19(34-38-32-17)31-20(35)22(8-10-29-11-9-22)13-4-2-1-3-5-13/h1-7,12,29H,8-11H2,(H,30,33)(H,31,34,35). The second-order valence-corrected chi connectivity index (χ2v) is 9.04. The molecular weight excluding hydrogens is 580 g/mol. The monoisotopic (exact) mass is 598 g/mol. The molecule has 0 saturated carbocycles. The van der Waals surface area contributed by atoms with Crippen molar-refractivity contribution in [3.8, 4) is 0 Å². The van der Waals surface area contributed by atoms with E-state index in [-0.39, 0.29) is 21.7 Å². The number of benzene rings is 2. The lowest BCUT2D eigenvalue weighted by Gasteiger charge is -2.36. The Hall–Kier alpha value is -3.85. The molecule has 200 valence electrons. The topological polar surface area (TPSA) is 131 Å². The van der Waals surface area contributed by atoms with Gasteiger partial charge in [0.2, 0.25) is 17.6 Å². The normalized spacial score (nSPS) is 15.6. The number of oxime groups is 1. The van der Waals surface area contributed by atoms with Gasteiger partial charge in [0.15, 0.2) is 5.69 Å². The molecule has 2 aromatic carbocycles. The summed E-state index contributed by atoms with van der Waals surface area (Å²) in [5.74, 6) is -4.53. The lowest BCUT2D eigenvalue weighted by Crippen LogP contribution is -2.48. The van der Waals surface area contributed by atoms with Crippen molar-refractivity contribution >= 4 is 45.1 Å². The number of carbonyl (C=O) groups excluding carboxylic acids is 2. The van der Waals surface area contributed by atoms with Gasteiger partial charge in [0.1, 0.15) is 5.82 Å². The van der Waals surface area contributed by atoms with Gasteiger partial charge in [-0.15, -0.1) is 0 Å². The van der Waals surface area contributed by atoms with Crippen LogP contribution in [0.3, 0.4) is 0 Å². The summed E-state index contributed by atoms with van der Waals surface area (Å²) in [5.41, 5.74) is -0.428. The third-order valence-corrected chi connectivity index (χ3v) is 6.40. The van der Waals surface area contributed by atoms with Gasteiger partial charge in [-0.2, -0.15) is 13.2 Å². The maximum absolute atomic E-state index is 13.7. The predicted molar refractivity (Wildman–Crippen MR) is 130 cm³/mol. The van der Waals surface area contributed by atoms with Crippen LogP contribution in [0.2, 0.25) is 0 Å². The molecule has 2 heterocycles. The number of nitrogens with one attached hydrogen (secondary N) is 3. The van der Waals surface area contributed by atoms with E-state index in [9.17, 15) is 27.2 Å². The molecule has 1 aliphatic rings. The zero-order valence-electron chi connectivity index (χ0n) is 19.3. The number of aromatic nitrogens is 2. The van der Waals surface area contributed by atoms with Crippen LogP contribution in [0.1, 0.15) is 24.1 Å². The average molecular weight is 599 g/mol. The molecule has 0 spiro atoms. The van der Waals surface area contributed by atoms with Gasteiger partial charge in [0, 0.05) is 5.69 Å². The first-order chi connectivity index (χ1) is 18.1. The van der Waals surface area contributed by atoms with Crippen molar-refractivity contribution in [2.24, 2.45) is 5.16 Å². The lowest BCUT2D eigenvalue weighted by atomic mass is 9.72. The molecule has 3 aromatic rings. The minimum atomic E-state index is -5.33. The lowest BCUT2D eigenvalue weighted by molar-refractivity contribution is -0.199. The van der Waals surface area contributed by atoms with Crippen LogP contribution in [-0.2, 0) is 19.8 Å². The molecule has 15 heteroatoms. The molecule has 1 amide bonds.